The number of sulfonamides is 1. The van der Waals surface area contributed by atoms with Gasteiger partial charge in [-0.1, -0.05) is 13.8 Å². The van der Waals surface area contributed by atoms with Crippen molar-refractivity contribution in [2.24, 2.45) is 11.8 Å². The van der Waals surface area contributed by atoms with E-state index in [1.807, 2.05) is 0 Å². The summed E-state index contributed by atoms with van der Waals surface area (Å²) >= 11 is 3.26. The molecule has 0 spiro atoms. The highest BCUT2D eigenvalue weighted by molar-refractivity contribution is 9.10. The molecule has 0 radical (unpaired) electrons. The second kappa shape index (κ2) is 5.27. The lowest BCUT2D eigenvalue weighted by Crippen LogP contribution is -2.42. The molecule has 100 valence electrons. The lowest BCUT2D eigenvalue weighted by molar-refractivity contribution is 0.222. The van der Waals surface area contributed by atoms with Crippen LogP contribution in [0.3, 0.4) is 0 Å². The van der Waals surface area contributed by atoms with Crippen LogP contribution in [0.1, 0.15) is 20.3 Å². The fourth-order valence-corrected chi connectivity index (χ4v) is 4.67. The Morgan fingerprint density at radius 1 is 1.28 bits per heavy atom. The lowest BCUT2D eigenvalue weighted by atomic mass is 9.94. The molecule has 0 saturated carbocycles. The molecular weight excluding hydrogens is 316 g/mol. The molecule has 2 rings (SSSR count). The number of hydrogen-bond acceptors (Lipinski definition) is 3. The number of nitrogens with zero attached hydrogens (tertiary/aromatic N) is 2. The maximum Gasteiger partial charge on any atom is 0.244 e. The molecule has 1 aliphatic heterocycles. The monoisotopic (exact) mass is 332 g/mol. The van der Waals surface area contributed by atoms with Gasteiger partial charge in [-0.15, -0.1) is 0 Å². The van der Waals surface area contributed by atoms with Crippen LogP contribution in [0.15, 0.2) is 27.8 Å². The first kappa shape index (κ1) is 14.0. The molecule has 0 aromatic carbocycles. The van der Waals surface area contributed by atoms with Crippen molar-refractivity contribution in [1.29, 1.82) is 0 Å². The average molecular weight is 333 g/mol. The van der Waals surface area contributed by atoms with E-state index in [4.69, 9.17) is 0 Å². The first-order chi connectivity index (χ1) is 8.39. The maximum atomic E-state index is 12.5. The minimum Gasteiger partial charge on any atom is -0.262 e. The predicted molar refractivity (Wildman–Crippen MR) is 73.6 cm³/mol. The molecule has 4 nitrogen and oxygen atoms in total. The van der Waals surface area contributed by atoms with Crippen molar-refractivity contribution in [2.75, 3.05) is 13.1 Å². The van der Waals surface area contributed by atoms with E-state index in [1.54, 1.807) is 16.6 Å². The first-order valence-electron chi connectivity index (χ1n) is 6.00. The zero-order chi connectivity index (χ0) is 13.3. The van der Waals surface area contributed by atoms with Gasteiger partial charge in [0.1, 0.15) is 4.90 Å². The number of piperidine rings is 1. The predicted octanol–water partition coefficient (Wildman–Crippen LogP) is 2.51. The van der Waals surface area contributed by atoms with Crippen LogP contribution in [0, 0.1) is 11.8 Å². The van der Waals surface area contributed by atoms with Crippen LogP contribution in [0.5, 0.6) is 0 Å². The van der Waals surface area contributed by atoms with Crippen LogP contribution < -0.4 is 0 Å². The summed E-state index contributed by atoms with van der Waals surface area (Å²) in [6.45, 7) is 5.38. The third-order valence-electron chi connectivity index (χ3n) is 3.15. The molecular formula is C12H17BrN2O2S. The average Bonchev–Trinajstić information content (AvgIpc) is 2.27. The summed E-state index contributed by atoms with van der Waals surface area (Å²) in [5.74, 6) is 0.812. The van der Waals surface area contributed by atoms with Crippen molar-refractivity contribution in [3.63, 3.8) is 0 Å². The molecule has 0 bridgehead atoms. The van der Waals surface area contributed by atoms with E-state index in [2.05, 4.69) is 34.8 Å². The second-order valence-electron chi connectivity index (χ2n) is 5.11. The van der Waals surface area contributed by atoms with Crippen molar-refractivity contribution in [1.82, 2.24) is 9.29 Å². The van der Waals surface area contributed by atoms with Crippen molar-refractivity contribution < 1.29 is 8.42 Å². The van der Waals surface area contributed by atoms with Gasteiger partial charge in [-0.05, 0) is 40.3 Å². The molecule has 0 unspecified atom stereocenters. The molecule has 6 heteroatoms. The van der Waals surface area contributed by atoms with E-state index < -0.39 is 10.0 Å². The van der Waals surface area contributed by atoms with Gasteiger partial charge in [-0.25, -0.2) is 8.42 Å². The Bertz CT molecular complexity index is 523. The minimum absolute atomic E-state index is 0.262. The van der Waals surface area contributed by atoms with Crippen LogP contribution in [-0.4, -0.2) is 30.8 Å². The Balaban J connectivity index is 2.31. The van der Waals surface area contributed by atoms with Gasteiger partial charge in [-0.3, -0.25) is 4.98 Å². The number of halogens is 1. The van der Waals surface area contributed by atoms with Gasteiger partial charge in [0.05, 0.1) is 0 Å². The molecule has 2 atom stereocenters. The summed E-state index contributed by atoms with van der Waals surface area (Å²) in [4.78, 5) is 4.19. The molecule has 0 N–H and O–H groups in total. The van der Waals surface area contributed by atoms with Crippen LogP contribution in [0.25, 0.3) is 0 Å². The summed E-state index contributed by atoms with van der Waals surface area (Å²) in [6, 6.07) is 1.60. The van der Waals surface area contributed by atoms with Crippen LogP contribution in [-0.2, 0) is 10.0 Å². The van der Waals surface area contributed by atoms with Gasteiger partial charge >= 0.3 is 0 Å². The maximum absolute atomic E-state index is 12.5. The van der Waals surface area contributed by atoms with Gasteiger partial charge in [0, 0.05) is 30.0 Å². The van der Waals surface area contributed by atoms with Crippen molar-refractivity contribution in [3.8, 4) is 0 Å². The summed E-state index contributed by atoms with van der Waals surface area (Å²) in [5, 5.41) is 0. The topological polar surface area (TPSA) is 50.3 Å². The molecule has 2 heterocycles. The summed E-state index contributed by atoms with van der Waals surface area (Å²) < 4.78 is 27.3. The molecule has 0 aliphatic carbocycles. The number of pyridine rings is 1. The Morgan fingerprint density at radius 2 is 1.89 bits per heavy atom. The van der Waals surface area contributed by atoms with E-state index in [9.17, 15) is 8.42 Å². The van der Waals surface area contributed by atoms with Gasteiger partial charge in [0.2, 0.25) is 10.0 Å². The number of hydrogen-bond donors (Lipinski definition) is 0. The fourth-order valence-electron chi connectivity index (χ4n) is 2.48. The second-order valence-corrected chi connectivity index (χ2v) is 7.96. The van der Waals surface area contributed by atoms with E-state index >= 15 is 0 Å². The largest absolute Gasteiger partial charge is 0.262 e. The van der Waals surface area contributed by atoms with E-state index in [0.29, 0.717) is 29.4 Å². The van der Waals surface area contributed by atoms with Crippen LogP contribution in [0.2, 0.25) is 0 Å². The minimum atomic E-state index is -3.41. The Morgan fingerprint density at radius 3 is 2.44 bits per heavy atom. The Labute approximate surface area is 117 Å². The zero-order valence-corrected chi connectivity index (χ0v) is 12.9. The third-order valence-corrected chi connectivity index (χ3v) is 5.38. The lowest BCUT2D eigenvalue weighted by Gasteiger charge is -2.33. The number of aromatic nitrogens is 1. The molecule has 1 saturated heterocycles. The van der Waals surface area contributed by atoms with E-state index in [1.165, 1.54) is 6.20 Å². The smallest absolute Gasteiger partial charge is 0.244 e. The quantitative estimate of drug-likeness (QED) is 0.836. The summed E-state index contributed by atoms with van der Waals surface area (Å²) in [5.41, 5.74) is 0. The van der Waals surface area contributed by atoms with Gasteiger partial charge in [0.15, 0.2) is 0 Å². The molecule has 1 aromatic rings. The van der Waals surface area contributed by atoms with Crippen molar-refractivity contribution in [3.05, 3.63) is 22.9 Å². The van der Waals surface area contributed by atoms with Gasteiger partial charge in [-0.2, -0.15) is 4.31 Å². The van der Waals surface area contributed by atoms with Crippen LogP contribution in [0.4, 0.5) is 0 Å². The molecule has 1 aromatic heterocycles. The molecule has 1 aliphatic rings. The van der Waals surface area contributed by atoms with Gasteiger partial charge < -0.3 is 0 Å². The molecule has 0 amide bonds. The van der Waals surface area contributed by atoms with Crippen molar-refractivity contribution in [2.45, 2.75) is 25.2 Å². The first-order valence-corrected chi connectivity index (χ1v) is 8.23. The fraction of sp³-hybridized carbons (Fsp3) is 0.583. The zero-order valence-electron chi connectivity index (χ0n) is 10.5. The summed E-state index contributed by atoms with van der Waals surface area (Å²) in [6.07, 6.45) is 4.08. The Kier molecular flexibility index (Phi) is 4.08. The standard InChI is InChI=1S/C12H17BrN2O2S/c1-9-3-10(2)8-15(7-9)18(16,17)12-4-11(13)5-14-6-12/h4-6,9-10H,3,7-8H2,1-2H3/t9-,10+. The van der Waals surface area contributed by atoms with E-state index in [0.717, 1.165) is 6.42 Å². The number of rotatable bonds is 2. The highest BCUT2D eigenvalue weighted by Gasteiger charge is 2.31. The van der Waals surface area contributed by atoms with Crippen LogP contribution >= 0.6 is 15.9 Å². The highest BCUT2D eigenvalue weighted by atomic mass is 79.9. The van der Waals surface area contributed by atoms with E-state index in [-0.39, 0.29) is 4.90 Å². The van der Waals surface area contributed by atoms with Gasteiger partial charge in [0.25, 0.3) is 0 Å². The normalized spacial score (nSPS) is 26.2. The molecule has 1 fully saturated rings. The third kappa shape index (κ3) is 2.92. The summed E-state index contributed by atoms with van der Waals surface area (Å²) in [7, 11) is -3.41. The SMILES string of the molecule is C[C@@H]1C[C@H](C)CN(S(=O)(=O)c2cncc(Br)c2)C1. The highest BCUT2D eigenvalue weighted by Crippen LogP contribution is 2.27. The Hall–Kier alpha value is -0.460. The van der Waals surface area contributed by atoms with Crippen molar-refractivity contribution >= 4 is 26.0 Å². The molecule has 18 heavy (non-hydrogen) atoms.